The molecule has 0 saturated carbocycles. The van der Waals surface area contributed by atoms with Gasteiger partial charge in [-0.3, -0.25) is 10.1 Å². The number of fused-ring (bicyclic) bond motifs is 1. The van der Waals surface area contributed by atoms with Crippen molar-refractivity contribution >= 4 is 40.3 Å². The zero-order chi connectivity index (χ0) is 26.7. The number of hydrogen-bond acceptors (Lipinski definition) is 5. The SMILES string of the molecule is CN(C(=O)c1ccc(F)cc1)c1ccc2c(c1)nc(NC(=O)Nc1cccc(C#N)c1)n2CC(C)(C)O. The second-order valence-corrected chi connectivity index (χ2v) is 9.15. The molecule has 10 heteroatoms. The number of aliphatic hydroxyl groups is 1. The molecule has 0 aliphatic carbocycles. The summed E-state index contributed by atoms with van der Waals surface area (Å²) < 4.78 is 14.9. The summed E-state index contributed by atoms with van der Waals surface area (Å²) in [6, 6.07) is 18.4. The van der Waals surface area contributed by atoms with Gasteiger partial charge in [0.1, 0.15) is 5.82 Å². The van der Waals surface area contributed by atoms with Crippen LogP contribution in [0.1, 0.15) is 29.8 Å². The number of nitrogens with one attached hydrogen (secondary N) is 2. The van der Waals surface area contributed by atoms with Crippen molar-refractivity contribution in [3.63, 3.8) is 0 Å². The van der Waals surface area contributed by atoms with Gasteiger partial charge in [0.2, 0.25) is 5.95 Å². The zero-order valence-electron chi connectivity index (χ0n) is 20.5. The van der Waals surface area contributed by atoms with Gasteiger partial charge in [-0.15, -0.1) is 0 Å². The Morgan fingerprint density at radius 2 is 1.84 bits per heavy atom. The van der Waals surface area contributed by atoms with Gasteiger partial charge in [0.25, 0.3) is 5.91 Å². The maximum atomic E-state index is 13.3. The topological polar surface area (TPSA) is 123 Å². The Kier molecular flexibility index (Phi) is 6.91. The van der Waals surface area contributed by atoms with E-state index in [4.69, 9.17) is 5.26 Å². The number of aromatic nitrogens is 2. The van der Waals surface area contributed by atoms with Crippen LogP contribution in [-0.2, 0) is 6.54 Å². The Bertz CT molecular complexity index is 1520. The Morgan fingerprint density at radius 1 is 1.11 bits per heavy atom. The largest absolute Gasteiger partial charge is 0.389 e. The van der Waals surface area contributed by atoms with Crippen LogP contribution in [0, 0.1) is 17.1 Å². The van der Waals surface area contributed by atoms with Crippen molar-refractivity contribution < 1.29 is 19.1 Å². The van der Waals surface area contributed by atoms with Crippen molar-refractivity contribution in [2.24, 2.45) is 0 Å². The number of rotatable bonds is 6. The van der Waals surface area contributed by atoms with Gasteiger partial charge in [-0.1, -0.05) is 6.07 Å². The standard InChI is InChI=1S/C27H25FN6O3/c1-27(2,37)16-34-23-12-11-21(33(3)24(35)18-7-9-19(28)10-8-18)14-22(23)31-25(34)32-26(36)30-20-6-4-5-17(13-20)15-29/h4-14,37H,16H2,1-3H3,(H2,30,31,32,36). The van der Waals surface area contributed by atoms with E-state index in [0.717, 1.165) is 0 Å². The van der Waals surface area contributed by atoms with Gasteiger partial charge in [0, 0.05) is 24.0 Å². The van der Waals surface area contributed by atoms with E-state index >= 15 is 0 Å². The summed E-state index contributed by atoms with van der Waals surface area (Å²) in [5, 5.41) is 24.9. The van der Waals surface area contributed by atoms with Crippen LogP contribution in [0.3, 0.4) is 0 Å². The third-order valence-electron chi connectivity index (χ3n) is 5.53. The van der Waals surface area contributed by atoms with Crippen LogP contribution in [0.2, 0.25) is 0 Å². The number of carbonyl (C=O) groups is 2. The summed E-state index contributed by atoms with van der Waals surface area (Å²) in [7, 11) is 1.60. The normalized spacial score (nSPS) is 11.1. The molecule has 3 amide bonds. The number of halogens is 1. The number of anilines is 3. The fourth-order valence-corrected chi connectivity index (χ4v) is 3.80. The van der Waals surface area contributed by atoms with Crippen LogP contribution in [-0.4, -0.2) is 39.2 Å². The van der Waals surface area contributed by atoms with Gasteiger partial charge in [0.15, 0.2) is 0 Å². The molecular weight excluding hydrogens is 475 g/mol. The Labute approximate surface area is 212 Å². The molecule has 0 radical (unpaired) electrons. The van der Waals surface area contributed by atoms with Gasteiger partial charge >= 0.3 is 6.03 Å². The molecule has 0 aliphatic heterocycles. The highest BCUT2D eigenvalue weighted by Crippen LogP contribution is 2.27. The molecule has 0 spiro atoms. The molecule has 188 valence electrons. The van der Waals surface area contributed by atoms with Crippen LogP contribution < -0.4 is 15.5 Å². The average molecular weight is 501 g/mol. The summed E-state index contributed by atoms with van der Waals surface area (Å²) in [5.41, 5.74) is 1.71. The Balaban J connectivity index is 1.64. The lowest BCUT2D eigenvalue weighted by molar-refractivity contribution is 0.0632. The molecule has 3 aromatic carbocycles. The van der Waals surface area contributed by atoms with Crippen molar-refractivity contribution in [1.82, 2.24) is 9.55 Å². The minimum absolute atomic E-state index is 0.132. The fraction of sp³-hybridized carbons (Fsp3) is 0.185. The molecule has 0 fully saturated rings. The molecule has 0 atom stereocenters. The second kappa shape index (κ2) is 10.1. The van der Waals surface area contributed by atoms with Crippen molar-refractivity contribution in [1.29, 1.82) is 5.26 Å². The van der Waals surface area contributed by atoms with Gasteiger partial charge in [-0.2, -0.15) is 5.26 Å². The van der Waals surface area contributed by atoms with Crippen LogP contribution in [0.15, 0.2) is 66.7 Å². The summed E-state index contributed by atoms with van der Waals surface area (Å²) in [4.78, 5) is 31.6. The fourth-order valence-electron chi connectivity index (χ4n) is 3.80. The molecule has 0 bridgehead atoms. The van der Waals surface area contributed by atoms with Crippen LogP contribution >= 0.6 is 0 Å². The van der Waals surface area contributed by atoms with E-state index in [0.29, 0.717) is 33.5 Å². The van der Waals surface area contributed by atoms with Gasteiger partial charge in [0.05, 0.1) is 34.8 Å². The maximum Gasteiger partial charge on any atom is 0.326 e. The highest BCUT2D eigenvalue weighted by atomic mass is 19.1. The Hall–Kier alpha value is -4.75. The Morgan fingerprint density at radius 3 is 2.51 bits per heavy atom. The van der Waals surface area contributed by atoms with Gasteiger partial charge in [-0.05, 0) is 74.5 Å². The minimum Gasteiger partial charge on any atom is -0.389 e. The lowest BCUT2D eigenvalue weighted by Crippen LogP contribution is -2.28. The number of benzene rings is 3. The number of imidazole rings is 1. The first-order valence-corrected chi connectivity index (χ1v) is 11.4. The van der Waals surface area contributed by atoms with E-state index in [2.05, 4.69) is 15.6 Å². The second-order valence-electron chi connectivity index (χ2n) is 9.15. The molecule has 0 aliphatic rings. The number of nitriles is 1. The molecule has 3 N–H and O–H groups in total. The first-order valence-electron chi connectivity index (χ1n) is 11.4. The van der Waals surface area contributed by atoms with E-state index in [9.17, 15) is 19.1 Å². The number of carbonyl (C=O) groups excluding carboxylic acids is 2. The van der Waals surface area contributed by atoms with Crippen molar-refractivity contribution in [2.45, 2.75) is 26.0 Å². The van der Waals surface area contributed by atoms with Crippen LogP contribution in [0.4, 0.5) is 26.5 Å². The molecule has 4 rings (SSSR count). The molecule has 0 unspecified atom stereocenters. The highest BCUT2D eigenvalue weighted by molar-refractivity contribution is 6.06. The van der Waals surface area contributed by atoms with Crippen molar-refractivity contribution in [3.05, 3.63) is 83.7 Å². The molecule has 37 heavy (non-hydrogen) atoms. The summed E-state index contributed by atoms with van der Waals surface area (Å²) in [6.07, 6.45) is 0. The van der Waals surface area contributed by atoms with Gasteiger partial charge < -0.3 is 19.9 Å². The van der Waals surface area contributed by atoms with Crippen molar-refractivity contribution in [2.75, 3.05) is 22.6 Å². The average Bonchev–Trinajstić information content (AvgIpc) is 3.18. The first-order chi connectivity index (χ1) is 17.5. The highest BCUT2D eigenvalue weighted by Gasteiger charge is 2.22. The molecule has 0 saturated heterocycles. The molecule has 1 heterocycles. The molecular formula is C27H25FN6O3. The monoisotopic (exact) mass is 500 g/mol. The summed E-state index contributed by atoms with van der Waals surface area (Å²) >= 11 is 0. The molecule has 1 aromatic heterocycles. The van der Waals surface area contributed by atoms with Crippen LogP contribution in [0.25, 0.3) is 11.0 Å². The molecule has 4 aromatic rings. The lowest BCUT2D eigenvalue weighted by Gasteiger charge is -2.21. The van der Waals surface area contributed by atoms with Gasteiger partial charge in [-0.25, -0.2) is 14.2 Å². The van der Waals surface area contributed by atoms with E-state index in [1.807, 2.05) is 6.07 Å². The van der Waals surface area contributed by atoms with Crippen LogP contribution in [0.5, 0.6) is 0 Å². The van der Waals surface area contributed by atoms with E-state index in [1.54, 1.807) is 67.9 Å². The predicted molar refractivity (Wildman–Crippen MR) is 139 cm³/mol. The quantitative estimate of drug-likeness (QED) is 0.353. The molecule has 9 nitrogen and oxygen atoms in total. The predicted octanol–water partition coefficient (Wildman–Crippen LogP) is 4.74. The smallest absolute Gasteiger partial charge is 0.326 e. The summed E-state index contributed by atoms with van der Waals surface area (Å²) in [6.45, 7) is 3.41. The van der Waals surface area contributed by atoms with E-state index in [1.165, 1.54) is 29.2 Å². The number of amides is 3. The number of urea groups is 1. The third kappa shape index (κ3) is 5.91. The number of nitrogens with zero attached hydrogens (tertiary/aromatic N) is 4. The number of hydrogen-bond donors (Lipinski definition) is 3. The third-order valence-corrected chi connectivity index (χ3v) is 5.53. The van der Waals surface area contributed by atoms with E-state index in [-0.39, 0.29) is 18.4 Å². The first kappa shape index (κ1) is 25.3. The minimum atomic E-state index is -1.12. The zero-order valence-corrected chi connectivity index (χ0v) is 20.5. The van der Waals surface area contributed by atoms with E-state index < -0.39 is 17.4 Å². The lowest BCUT2D eigenvalue weighted by atomic mass is 10.1. The maximum absolute atomic E-state index is 13.3. The van der Waals surface area contributed by atoms with Crippen molar-refractivity contribution in [3.8, 4) is 6.07 Å². The summed E-state index contributed by atoms with van der Waals surface area (Å²) in [5.74, 6) is -0.567.